The molecular weight excluding hydrogens is 372 g/mol. The summed E-state index contributed by atoms with van der Waals surface area (Å²) < 4.78 is 27.6. The van der Waals surface area contributed by atoms with Crippen LogP contribution in [0.2, 0.25) is 0 Å². The van der Waals surface area contributed by atoms with Gasteiger partial charge in [0.25, 0.3) is 0 Å². The lowest BCUT2D eigenvalue weighted by atomic mass is 9.79. The molecule has 0 radical (unpaired) electrons. The van der Waals surface area contributed by atoms with Gasteiger partial charge in [-0.2, -0.15) is 0 Å². The van der Waals surface area contributed by atoms with Crippen molar-refractivity contribution in [1.29, 1.82) is 0 Å². The average Bonchev–Trinajstić information content (AvgIpc) is 3.13. The van der Waals surface area contributed by atoms with Crippen LogP contribution >= 0.6 is 0 Å². The van der Waals surface area contributed by atoms with E-state index in [2.05, 4.69) is 9.88 Å². The zero-order valence-corrected chi connectivity index (χ0v) is 16.6. The summed E-state index contributed by atoms with van der Waals surface area (Å²) in [4.78, 5) is 20.9. The molecule has 0 bridgehead atoms. The Morgan fingerprint density at radius 1 is 1.07 bits per heavy atom. The molecule has 1 amide bonds. The molecule has 2 aliphatic heterocycles. The molecule has 2 aliphatic rings. The van der Waals surface area contributed by atoms with Gasteiger partial charge in [-0.1, -0.05) is 12.1 Å². The third-order valence-electron chi connectivity index (χ3n) is 6.33. The summed E-state index contributed by atoms with van der Waals surface area (Å²) in [6.45, 7) is 3.69. The van der Waals surface area contributed by atoms with Crippen LogP contribution in [-0.2, 0) is 17.8 Å². The van der Waals surface area contributed by atoms with E-state index in [0.717, 1.165) is 63.5 Å². The number of nitrogens with zero attached hydrogens (tertiary/aromatic N) is 3. The lowest BCUT2D eigenvalue weighted by Crippen LogP contribution is -2.45. The van der Waals surface area contributed by atoms with Crippen LogP contribution in [0.25, 0.3) is 0 Å². The van der Waals surface area contributed by atoms with Gasteiger partial charge in [0, 0.05) is 56.0 Å². The highest BCUT2D eigenvalue weighted by Crippen LogP contribution is 2.39. The summed E-state index contributed by atoms with van der Waals surface area (Å²) in [6.07, 6.45) is 7.84. The van der Waals surface area contributed by atoms with Crippen molar-refractivity contribution in [1.82, 2.24) is 14.8 Å². The van der Waals surface area contributed by atoms with Gasteiger partial charge in [-0.15, -0.1) is 0 Å². The van der Waals surface area contributed by atoms with Gasteiger partial charge in [-0.05, 0) is 56.0 Å². The monoisotopic (exact) mass is 399 g/mol. The minimum atomic E-state index is -0.791. The molecule has 0 saturated carbocycles. The Kier molecular flexibility index (Phi) is 5.90. The third kappa shape index (κ3) is 4.64. The summed E-state index contributed by atoms with van der Waals surface area (Å²) in [7, 11) is 0. The van der Waals surface area contributed by atoms with E-state index < -0.39 is 11.6 Å². The number of hydrogen-bond donors (Lipinski definition) is 0. The molecule has 4 rings (SSSR count). The molecule has 3 heterocycles. The van der Waals surface area contributed by atoms with E-state index >= 15 is 0 Å². The molecule has 2 aromatic rings. The van der Waals surface area contributed by atoms with Gasteiger partial charge in [-0.3, -0.25) is 14.7 Å². The average molecular weight is 399 g/mol. The van der Waals surface area contributed by atoms with Crippen LogP contribution in [0.4, 0.5) is 8.78 Å². The van der Waals surface area contributed by atoms with Gasteiger partial charge in [0.15, 0.2) is 11.6 Å². The number of halogens is 2. The SMILES string of the molecule is O=C(CCc1ccncc1)N1CCC2(CCCN(Cc3cccc(F)c3F)C2)C1. The number of likely N-dealkylation sites (tertiary alicyclic amines) is 2. The van der Waals surface area contributed by atoms with E-state index in [4.69, 9.17) is 0 Å². The lowest BCUT2D eigenvalue weighted by molar-refractivity contribution is -0.130. The van der Waals surface area contributed by atoms with E-state index in [1.54, 1.807) is 24.5 Å². The van der Waals surface area contributed by atoms with Crippen LogP contribution < -0.4 is 0 Å². The molecular formula is C23H27F2N3O. The van der Waals surface area contributed by atoms with Crippen molar-refractivity contribution in [3.63, 3.8) is 0 Å². The second kappa shape index (κ2) is 8.57. The number of hydrogen-bond acceptors (Lipinski definition) is 3. The molecule has 1 aromatic heterocycles. The van der Waals surface area contributed by atoms with Crippen LogP contribution in [-0.4, -0.2) is 46.9 Å². The number of amides is 1. The molecule has 6 heteroatoms. The molecule has 1 aromatic carbocycles. The highest BCUT2D eigenvalue weighted by molar-refractivity contribution is 5.76. The first-order chi connectivity index (χ1) is 14.0. The second-order valence-corrected chi connectivity index (χ2v) is 8.45. The van der Waals surface area contributed by atoms with Crippen molar-refractivity contribution >= 4 is 5.91 Å². The number of piperidine rings is 1. The fraction of sp³-hybridized carbons (Fsp3) is 0.478. The van der Waals surface area contributed by atoms with Gasteiger partial charge in [-0.25, -0.2) is 8.78 Å². The first-order valence-electron chi connectivity index (χ1n) is 10.4. The Morgan fingerprint density at radius 2 is 1.90 bits per heavy atom. The Labute approximate surface area is 170 Å². The normalized spacial score (nSPS) is 22.3. The third-order valence-corrected chi connectivity index (χ3v) is 6.33. The van der Waals surface area contributed by atoms with Gasteiger partial charge < -0.3 is 4.90 Å². The van der Waals surface area contributed by atoms with E-state index in [1.807, 2.05) is 17.0 Å². The molecule has 4 nitrogen and oxygen atoms in total. The molecule has 0 aliphatic carbocycles. The topological polar surface area (TPSA) is 36.4 Å². The Bertz CT molecular complexity index is 860. The molecule has 29 heavy (non-hydrogen) atoms. The van der Waals surface area contributed by atoms with E-state index in [9.17, 15) is 13.6 Å². The van der Waals surface area contributed by atoms with E-state index in [0.29, 0.717) is 18.5 Å². The summed E-state index contributed by atoms with van der Waals surface area (Å²) in [5.41, 5.74) is 1.61. The summed E-state index contributed by atoms with van der Waals surface area (Å²) in [5, 5.41) is 0. The van der Waals surface area contributed by atoms with Crippen LogP contribution in [0, 0.1) is 17.0 Å². The molecule has 1 atom stereocenters. The van der Waals surface area contributed by atoms with Crippen LogP contribution in [0.15, 0.2) is 42.7 Å². The lowest BCUT2D eigenvalue weighted by Gasteiger charge is -2.40. The van der Waals surface area contributed by atoms with Crippen molar-refractivity contribution in [3.05, 3.63) is 65.5 Å². The molecule has 1 unspecified atom stereocenters. The molecule has 2 fully saturated rings. The minimum Gasteiger partial charge on any atom is -0.342 e. The maximum Gasteiger partial charge on any atom is 0.222 e. The van der Waals surface area contributed by atoms with Crippen molar-refractivity contribution in [3.8, 4) is 0 Å². The standard InChI is InChI=1S/C23H27F2N3O/c24-20-4-1-3-19(22(20)25)15-27-13-2-9-23(16-27)10-14-28(17-23)21(29)6-5-18-7-11-26-12-8-18/h1,3-4,7-8,11-12H,2,5-6,9-10,13-17H2. The first-order valence-corrected chi connectivity index (χ1v) is 10.4. The quantitative estimate of drug-likeness (QED) is 0.767. The summed E-state index contributed by atoms with van der Waals surface area (Å²) >= 11 is 0. The predicted molar refractivity (Wildman–Crippen MR) is 107 cm³/mol. The highest BCUT2D eigenvalue weighted by atomic mass is 19.2. The van der Waals surface area contributed by atoms with Gasteiger partial charge in [0.2, 0.25) is 5.91 Å². The number of aromatic nitrogens is 1. The minimum absolute atomic E-state index is 0.0778. The zero-order chi connectivity index (χ0) is 20.3. The predicted octanol–water partition coefficient (Wildman–Crippen LogP) is 3.81. The largest absolute Gasteiger partial charge is 0.342 e. The van der Waals surface area contributed by atoms with Crippen molar-refractivity contribution in [2.75, 3.05) is 26.2 Å². The Hall–Kier alpha value is -2.34. The highest BCUT2D eigenvalue weighted by Gasteiger charge is 2.42. The Balaban J connectivity index is 1.34. The van der Waals surface area contributed by atoms with E-state index in [1.165, 1.54) is 0 Å². The van der Waals surface area contributed by atoms with Gasteiger partial charge in [0.1, 0.15) is 0 Å². The van der Waals surface area contributed by atoms with Crippen LogP contribution in [0.1, 0.15) is 36.8 Å². The van der Waals surface area contributed by atoms with Crippen LogP contribution in [0.5, 0.6) is 0 Å². The Morgan fingerprint density at radius 3 is 2.72 bits per heavy atom. The van der Waals surface area contributed by atoms with E-state index in [-0.39, 0.29) is 11.3 Å². The second-order valence-electron chi connectivity index (χ2n) is 8.45. The summed E-state index contributed by atoms with van der Waals surface area (Å²) in [5.74, 6) is -1.33. The number of carbonyl (C=O) groups is 1. The van der Waals surface area contributed by atoms with Crippen molar-refractivity contribution < 1.29 is 13.6 Å². The molecule has 154 valence electrons. The van der Waals surface area contributed by atoms with Gasteiger partial charge in [0.05, 0.1) is 0 Å². The van der Waals surface area contributed by atoms with Crippen molar-refractivity contribution in [2.24, 2.45) is 5.41 Å². The fourth-order valence-electron chi connectivity index (χ4n) is 4.80. The summed E-state index contributed by atoms with van der Waals surface area (Å²) in [6, 6.07) is 8.27. The zero-order valence-electron chi connectivity index (χ0n) is 16.6. The number of carbonyl (C=O) groups excluding carboxylic acids is 1. The maximum atomic E-state index is 14.1. The van der Waals surface area contributed by atoms with Crippen molar-refractivity contribution in [2.45, 2.75) is 38.6 Å². The number of rotatable bonds is 5. The maximum absolute atomic E-state index is 14.1. The fourth-order valence-corrected chi connectivity index (χ4v) is 4.80. The smallest absolute Gasteiger partial charge is 0.222 e. The number of pyridine rings is 1. The molecule has 2 saturated heterocycles. The number of aryl methyl sites for hydroxylation is 1. The van der Waals surface area contributed by atoms with Gasteiger partial charge >= 0.3 is 0 Å². The molecule has 0 N–H and O–H groups in total. The molecule has 1 spiro atoms. The number of benzene rings is 1. The first kappa shape index (κ1) is 20.0. The van der Waals surface area contributed by atoms with Crippen LogP contribution in [0.3, 0.4) is 0 Å².